The quantitative estimate of drug-likeness (QED) is 0.0878. The van der Waals surface area contributed by atoms with Crippen LogP contribution in [0.15, 0.2) is 164 Å². The van der Waals surface area contributed by atoms with Crippen molar-refractivity contribution in [2.45, 2.75) is 209 Å². The second kappa shape index (κ2) is 33.6. The zero-order valence-corrected chi connectivity index (χ0v) is 73.2. The van der Waals surface area contributed by atoms with Crippen molar-refractivity contribution >= 4 is 88.3 Å². The van der Waals surface area contributed by atoms with E-state index in [1.165, 1.54) is 55.9 Å². The van der Waals surface area contributed by atoms with E-state index in [2.05, 4.69) is 275 Å². The fourth-order valence-corrected chi connectivity index (χ4v) is 16.2. The molecule has 12 heteroatoms. The third-order valence-electron chi connectivity index (χ3n) is 22.4. The predicted octanol–water partition coefficient (Wildman–Crippen LogP) is 25.1. The molecular formula is C103H122N8O4+4. The molecule has 0 amide bonds. The van der Waals surface area contributed by atoms with Gasteiger partial charge in [0.15, 0.2) is 47.1 Å². The highest BCUT2D eigenvalue weighted by Gasteiger charge is 2.29. The van der Waals surface area contributed by atoms with Crippen molar-refractivity contribution in [3.63, 3.8) is 0 Å². The average Bonchev–Trinajstić information content (AvgIpc) is 1.66. The van der Waals surface area contributed by atoms with Crippen molar-refractivity contribution < 1.29 is 41.4 Å². The van der Waals surface area contributed by atoms with E-state index >= 15 is 0 Å². The van der Waals surface area contributed by atoms with Crippen molar-refractivity contribution in [3.8, 4) is 45.0 Å². The Balaban J connectivity index is 0.000000137. The third-order valence-corrected chi connectivity index (χ3v) is 22.4. The van der Waals surface area contributed by atoms with Gasteiger partial charge in [-0.3, -0.25) is 0 Å². The number of hydrogen-bond donors (Lipinski definition) is 0. The maximum absolute atomic E-state index is 8.56. The summed E-state index contributed by atoms with van der Waals surface area (Å²) >= 11 is 0. The molecule has 16 aromatic rings. The van der Waals surface area contributed by atoms with Crippen molar-refractivity contribution in [1.29, 1.82) is 0 Å². The summed E-state index contributed by atoms with van der Waals surface area (Å²) in [5, 5.41) is 8.59. The van der Waals surface area contributed by atoms with Crippen LogP contribution in [0, 0.1) is 79.1 Å². The van der Waals surface area contributed by atoms with Gasteiger partial charge in [0.25, 0.3) is 0 Å². The fraction of sp³-hybridized carbons (Fsp3) is 0.379. The molecule has 0 spiro atoms. The first-order valence-corrected chi connectivity index (χ1v) is 41.5. The lowest BCUT2D eigenvalue weighted by Crippen LogP contribution is -2.32. The molecule has 115 heavy (non-hydrogen) atoms. The maximum Gasteiger partial charge on any atom is 0.227 e. The van der Waals surface area contributed by atoms with E-state index in [-0.39, 0.29) is 11.8 Å². The Hall–Kier alpha value is -10.7. The minimum Gasteiger partial charge on any atom is -0.437 e. The number of hydrogen-bond acceptors (Lipinski definition) is 8. The molecule has 0 saturated heterocycles. The molecule has 12 aromatic heterocycles. The second-order valence-corrected chi connectivity index (χ2v) is 34.7. The molecule has 4 aromatic carbocycles. The molecule has 0 saturated carbocycles. The lowest BCUT2D eigenvalue weighted by atomic mass is 9.95. The van der Waals surface area contributed by atoms with Gasteiger partial charge in [-0.15, -0.1) is 0 Å². The van der Waals surface area contributed by atoms with E-state index in [1.807, 2.05) is 77.2 Å². The molecule has 0 atom stereocenters. The average molecular weight is 1540 g/mol. The maximum atomic E-state index is 8.56. The highest BCUT2D eigenvalue weighted by molar-refractivity contribution is 6.12. The summed E-state index contributed by atoms with van der Waals surface area (Å²) in [6, 6.07) is 42.9. The van der Waals surface area contributed by atoms with Gasteiger partial charge in [0.05, 0.1) is 22.3 Å². The number of benzene rings is 4. The van der Waals surface area contributed by atoms with Gasteiger partial charge in [-0.2, -0.15) is 0 Å². The highest BCUT2D eigenvalue weighted by atomic mass is 16.4. The van der Waals surface area contributed by atoms with E-state index in [1.54, 1.807) is 0 Å². The monoisotopic (exact) mass is 1540 g/mol. The molecule has 0 fully saturated rings. The summed E-state index contributed by atoms with van der Waals surface area (Å²) in [6.45, 7) is 48.6. The topological polar surface area (TPSA) is 120 Å². The molecule has 0 aliphatic heterocycles. The van der Waals surface area contributed by atoms with Crippen molar-refractivity contribution in [2.24, 2.45) is 51.9 Å². The number of pyridine rings is 8. The smallest absolute Gasteiger partial charge is 0.227 e. The summed E-state index contributed by atoms with van der Waals surface area (Å²) in [7, 11) is 8.20. The molecule has 594 valence electrons. The van der Waals surface area contributed by atoms with Gasteiger partial charge < -0.3 is 17.7 Å². The number of rotatable bonds is 16. The van der Waals surface area contributed by atoms with Crippen LogP contribution in [-0.2, 0) is 60.2 Å². The summed E-state index contributed by atoms with van der Waals surface area (Å²) in [5.74, 6) is 2.07. The van der Waals surface area contributed by atoms with Crippen LogP contribution in [0.3, 0.4) is 0 Å². The summed E-state index contributed by atoms with van der Waals surface area (Å²) in [5.41, 5.74) is 32.8. The number of fused-ring (bicyclic) bond motifs is 12. The number of aromatic nitrogens is 8. The van der Waals surface area contributed by atoms with E-state index < -0.39 is 12.7 Å². The molecule has 0 N–H and O–H groups in total. The third kappa shape index (κ3) is 16.8. The van der Waals surface area contributed by atoms with E-state index in [4.69, 9.17) is 43.1 Å². The van der Waals surface area contributed by atoms with Crippen LogP contribution in [0.25, 0.3) is 133 Å². The number of nitrogens with zero attached hydrogens (tertiary/aromatic N) is 8. The van der Waals surface area contributed by atoms with Gasteiger partial charge in [-0.05, 0) is 222 Å². The highest BCUT2D eigenvalue weighted by Crippen LogP contribution is 2.43. The number of aryl methyl sites for hydroxylation is 13. The molecule has 0 aliphatic rings. The minimum atomic E-state index is -1.39. The summed E-state index contributed by atoms with van der Waals surface area (Å²) in [6.07, 6.45) is 8.62. The fourth-order valence-electron chi connectivity index (χ4n) is 16.2. The normalized spacial score (nSPS) is 12.7. The van der Waals surface area contributed by atoms with Crippen LogP contribution in [0.2, 0.25) is 0 Å². The Labute approximate surface area is 687 Å². The van der Waals surface area contributed by atoms with Crippen molar-refractivity contribution in [3.05, 3.63) is 236 Å². The molecule has 0 aliphatic carbocycles. The molecule has 0 unspecified atom stereocenters. The predicted molar refractivity (Wildman–Crippen MR) is 476 cm³/mol. The van der Waals surface area contributed by atoms with Crippen LogP contribution in [0.5, 0.6) is 0 Å². The SMILES string of the molecule is CCc1ccc2c(n1)oc1c(-c3cc(CC(C)C)c(C)c[n+]3C)c(C)ccc12.Cc1c[n+](C)c(-c2c(C)ccc3c2oc2nc(C(C)C)ccc23)cc1CC(C)C.[2H]C([2H])(c1c[n+](C)c(-c2c(C)ccc3c2oc2nc(C(C)C)ccc23)cc1C)C(C)C.[2H]C([2H])(c1c[n+](C)c(-c2c(C)ccc3c2oc2nc(C(C)C)ccc23)cc1C)C(C)C. The molecule has 0 radical (unpaired) electrons. The van der Waals surface area contributed by atoms with Crippen LogP contribution in [0.1, 0.15) is 217 Å². The van der Waals surface area contributed by atoms with Gasteiger partial charge in [0.2, 0.25) is 45.6 Å². The number of furan rings is 4. The van der Waals surface area contributed by atoms with Crippen molar-refractivity contribution in [2.75, 3.05) is 0 Å². The lowest BCUT2D eigenvalue weighted by Gasteiger charge is -2.11. The van der Waals surface area contributed by atoms with Gasteiger partial charge in [-0.25, -0.2) is 38.2 Å². The Kier molecular flexibility index (Phi) is 22.5. The largest absolute Gasteiger partial charge is 0.437 e. The molecule has 12 nitrogen and oxygen atoms in total. The Morgan fingerprint density at radius 1 is 0.296 bits per heavy atom. The molecule has 12 heterocycles. The van der Waals surface area contributed by atoms with Crippen LogP contribution in [0.4, 0.5) is 0 Å². The standard InChI is InChI=1S/3C26H31N2O.C25H29N2O/c1-15(2)12-19-13-23(28(7)14-18(19)6)24-17(5)8-9-20-21-10-11-22(16(3)4)27-26(21)29-25(20)24;2*1-15(2)12-19-14-28(7)23(13-18(19)6)24-17(5)8-9-20-21-10-11-22(16(3)4)27-26(21)29-25(20)24;1-7-19-9-11-21-20-10-8-16(4)23(24(20)28-25(21)26-19)22-13-18(12-15(2)3)17(5)14-27(22)6/h3*8-11,13-16H,12H2,1-7H3;8-11,13-15H,7,12H2,1-6H3/q4*+1/i;2*12D2;. The van der Waals surface area contributed by atoms with Crippen LogP contribution < -0.4 is 18.3 Å². The van der Waals surface area contributed by atoms with E-state index in [9.17, 15) is 0 Å². The first-order chi connectivity index (χ1) is 56.2. The second-order valence-electron chi connectivity index (χ2n) is 34.7. The Bertz CT molecular complexity index is 6380. The zero-order valence-electron chi connectivity index (χ0n) is 77.2. The Morgan fingerprint density at radius 2 is 0.565 bits per heavy atom. The van der Waals surface area contributed by atoms with Gasteiger partial charge in [0.1, 0.15) is 28.2 Å². The van der Waals surface area contributed by atoms with Gasteiger partial charge in [-0.1, -0.05) is 152 Å². The molecular weight excluding hydrogens is 1410 g/mol. The van der Waals surface area contributed by atoms with E-state index in [0.29, 0.717) is 41.0 Å². The van der Waals surface area contributed by atoms with Crippen LogP contribution in [-0.4, -0.2) is 19.9 Å². The van der Waals surface area contributed by atoms with Crippen LogP contribution >= 0.6 is 0 Å². The zero-order chi connectivity index (χ0) is 86.2. The van der Waals surface area contributed by atoms with Gasteiger partial charge >= 0.3 is 0 Å². The van der Waals surface area contributed by atoms with E-state index in [0.717, 1.165) is 175 Å². The van der Waals surface area contributed by atoms with Crippen molar-refractivity contribution in [1.82, 2.24) is 19.9 Å². The van der Waals surface area contributed by atoms with Gasteiger partial charge in [0, 0.05) is 118 Å². The summed E-state index contributed by atoms with van der Waals surface area (Å²) < 4.78 is 68.1. The minimum absolute atomic E-state index is 0.112. The first-order valence-electron chi connectivity index (χ1n) is 43.5. The molecule has 0 bridgehead atoms. The summed E-state index contributed by atoms with van der Waals surface area (Å²) in [4.78, 5) is 19.0. The Morgan fingerprint density at radius 3 is 0.843 bits per heavy atom. The lowest BCUT2D eigenvalue weighted by molar-refractivity contribution is -0.661. The first kappa shape index (κ1) is 76.9. The molecule has 16 rings (SSSR count).